The van der Waals surface area contributed by atoms with Gasteiger partial charge in [-0.05, 0) is 24.1 Å². The summed E-state index contributed by atoms with van der Waals surface area (Å²) in [4.78, 5) is 11.7. The number of aliphatic hydroxyl groups is 1. The first-order valence-electron chi connectivity index (χ1n) is 8.22. The van der Waals surface area contributed by atoms with Gasteiger partial charge in [-0.1, -0.05) is 31.2 Å². The molecule has 0 fully saturated rings. The summed E-state index contributed by atoms with van der Waals surface area (Å²) in [6.07, 6.45) is 1.47. The summed E-state index contributed by atoms with van der Waals surface area (Å²) in [5, 5.41) is 49.6. The third kappa shape index (κ3) is 3.27. The van der Waals surface area contributed by atoms with E-state index in [1.54, 1.807) is 12.1 Å². The maximum atomic E-state index is 11.7. The van der Waals surface area contributed by atoms with Gasteiger partial charge < -0.3 is 25.2 Å². The number of nitrogens with one attached hydrogen (secondary N) is 1. The van der Waals surface area contributed by atoms with E-state index in [1.165, 1.54) is 11.6 Å². The number of hydroxylamine groups is 1. The van der Waals surface area contributed by atoms with Gasteiger partial charge in [-0.3, -0.25) is 10.0 Å². The molecule has 142 valence electrons. The van der Waals surface area contributed by atoms with Crippen LogP contribution < -0.4 is 10.2 Å². The van der Waals surface area contributed by atoms with Crippen molar-refractivity contribution in [1.29, 1.82) is 0 Å². The number of phenolic OH excluding ortho intramolecular Hbond substituents is 3. The molecule has 1 unspecified atom stereocenters. The quantitative estimate of drug-likeness (QED) is 0.273. The van der Waals surface area contributed by atoms with Crippen molar-refractivity contribution in [1.82, 2.24) is 5.48 Å². The molecule has 6 N–H and O–H groups in total. The predicted molar refractivity (Wildman–Crippen MR) is 94.3 cm³/mol. The van der Waals surface area contributed by atoms with Gasteiger partial charge in [0.2, 0.25) is 17.4 Å². The van der Waals surface area contributed by atoms with Crippen LogP contribution in [0.3, 0.4) is 0 Å². The number of hydrogen-bond donors (Lipinski definition) is 6. The van der Waals surface area contributed by atoms with E-state index in [4.69, 9.17) is 9.94 Å². The van der Waals surface area contributed by atoms with Gasteiger partial charge in [-0.15, -0.1) is 0 Å². The van der Waals surface area contributed by atoms with Crippen molar-refractivity contribution in [2.75, 3.05) is 0 Å². The summed E-state index contributed by atoms with van der Waals surface area (Å²) in [7, 11) is 0. The number of carbonyl (C=O) groups excluding carboxylic acids is 1. The number of aromatic hydroxyl groups is 3. The number of benzene rings is 2. The van der Waals surface area contributed by atoms with Crippen LogP contribution in [0.4, 0.5) is 0 Å². The van der Waals surface area contributed by atoms with Crippen molar-refractivity contribution in [3.8, 4) is 23.0 Å². The molecule has 1 atom stereocenters. The maximum Gasteiger partial charge on any atom is 0.246 e. The van der Waals surface area contributed by atoms with Gasteiger partial charge in [-0.2, -0.15) is 0 Å². The van der Waals surface area contributed by atoms with Crippen LogP contribution in [0.15, 0.2) is 36.4 Å². The average Bonchev–Trinajstić information content (AvgIpc) is 2.67. The van der Waals surface area contributed by atoms with Crippen LogP contribution in [0.25, 0.3) is 5.76 Å². The molecular weight excluding hydrogens is 354 g/mol. The lowest BCUT2D eigenvalue weighted by Crippen LogP contribution is -2.34. The van der Waals surface area contributed by atoms with Gasteiger partial charge in [0.05, 0.1) is 6.42 Å². The molecule has 3 rings (SSSR count). The van der Waals surface area contributed by atoms with E-state index < -0.39 is 35.2 Å². The molecule has 8 nitrogen and oxygen atoms in total. The van der Waals surface area contributed by atoms with Crippen LogP contribution in [0.2, 0.25) is 0 Å². The van der Waals surface area contributed by atoms with Gasteiger partial charge in [0.25, 0.3) is 0 Å². The summed E-state index contributed by atoms with van der Waals surface area (Å²) in [6.45, 7) is 2.00. The number of phenols is 3. The first kappa shape index (κ1) is 18.6. The minimum atomic E-state index is -2.01. The molecular formula is C19H19NO7. The first-order chi connectivity index (χ1) is 12.8. The number of hydrogen-bond acceptors (Lipinski definition) is 7. The highest BCUT2D eigenvalue weighted by molar-refractivity contribution is 5.80. The smallest absolute Gasteiger partial charge is 0.246 e. The van der Waals surface area contributed by atoms with E-state index in [9.17, 15) is 25.2 Å². The van der Waals surface area contributed by atoms with E-state index in [0.717, 1.165) is 18.1 Å². The molecule has 0 saturated heterocycles. The zero-order chi connectivity index (χ0) is 19.8. The number of ether oxygens (including phenoxy) is 1. The second-order valence-electron chi connectivity index (χ2n) is 6.27. The third-order valence-electron chi connectivity index (χ3n) is 4.46. The fourth-order valence-corrected chi connectivity index (χ4v) is 2.96. The Morgan fingerprint density at radius 3 is 2.41 bits per heavy atom. The van der Waals surface area contributed by atoms with Crippen molar-refractivity contribution in [2.24, 2.45) is 0 Å². The molecule has 0 saturated carbocycles. The lowest BCUT2D eigenvalue weighted by Gasteiger charge is -2.32. The van der Waals surface area contributed by atoms with E-state index in [-0.39, 0.29) is 17.1 Å². The Morgan fingerprint density at radius 2 is 1.81 bits per heavy atom. The van der Waals surface area contributed by atoms with Crippen LogP contribution in [0.1, 0.15) is 30.0 Å². The molecule has 8 heteroatoms. The summed E-state index contributed by atoms with van der Waals surface area (Å²) >= 11 is 0. The molecule has 27 heavy (non-hydrogen) atoms. The van der Waals surface area contributed by atoms with Crippen molar-refractivity contribution < 1.29 is 35.2 Å². The Labute approximate surface area is 154 Å². The minimum absolute atomic E-state index is 0.132. The topological polar surface area (TPSA) is 139 Å². The number of amides is 1. The van der Waals surface area contributed by atoms with Crippen LogP contribution in [-0.2, 0) is 16.8 Å². The van der Waals surface area contributed by atoms with Crippen molar-refractivity contribution >= 4 is 11.7 Å². The van der Waals surface area contributed by atoms with Crippen LogP contribution >= 0.6 is 0 Å². The highest BCUT2D eigenvalue weighted by Crippen LogP contribution is 2.52. The van der Waals surface area contributed by atoms with Gasteiger partial charge in [0.15, 0.2) is 11.5 Å². The number of fused-ring (bicyclic) bond motifs is 1. The van der Waals surface area contributed by atoms with E-state index >= 15 is 0 Å². The van der Waals surface area contributed by atoms with E-state index in [2.05, 4.69) is 0 Å². The summed E-state index contributed by atoms with van der Waals surface area (Å²) < 4.78 is 5.65. The van der Waals surface area contributed by atoms with Gasteiger partial charge in [0, 0.05) is 11.1 Å². The molecule has 2 aromatic carbocycles. The van der Waals surface area contributed by atoms with Gasteiger partial charge >= 0.3 is 0 Å². The molecule has 1 heterocycles. The molecule has 0 spiro atoms. The molecule has 0 radical (unpaired) electrons. The fourth-order valence-electron chi connectivity index (χ4n) is 2.96. The van der Waals surface area contributed by atoms with Gasteiger partial charge in [0.1, 0.15) is 11.4 Å². The molecule has 0 aromatic heterocycles. The SMILES string of the molecule is CCc1ccc(C2=CC(O)(CC(=O)NO)c3cc(O)c(O)c(O)c3O2)cc1. The Morgan fingerprint density at radius 1 is 1.15 bits per heavy atom. The largest absolute Gasteiger partial charge is 0.504 e. The monoisotopic (exact) mass is 373 g/mol. The van der Waals surface area contributed by atoms with E-state index in [0.29, 0.717) is 5.56 Å². The maximum absolute atomic E-state index is 11.7. The Hall–Kier alpha value is -3.23. The molecule has 0 bridgehead atoms. The van der Waals surface area contributed by atoms with Crippen LogP contribution in [0, 0.1) is 0 Å². The van der Waals surface area contributed by atoms with E-state index in [1.807, 2.05) is 19.1 Å². The zero-order valence-electron chi connectivity index (χ0n) is 14.4. The normalized spacial score (nSPS) is 18.3. The van der Waals surface area contributed by atoms with Crippen molar-refractivity contribution in [3.05, 3.63) is 53.1 Å². The second kappa shape index (κ2) is 6.82. The van der Waals surface area contributed by atoms with Crippen LogP contribution in [-0.4, -0.2) is 31.5 Å². The summed E-state index contributed by atoms with van der Waals surface area (Å²) in [6, 6.07) is 8.22. The van der Waals surface area contributed by atoms with Crippen molar-refractivity contribution in [3.63, 3.8) is 0 Å². The average molecular weight is 373 g/mol. The molecule has 1 aliphatic rings. The highest BCUT2D eigenvalue weighted by atomic mass is 16.5. The first-order valence-corrected chi connectivity index (χ1v) is 8.22. The molecule has 1 aliphatic heterocycles. The lowest BCUT2D eigenvalue weighted by molar-refractivity contribution is -0.133. The number of aryl methyl sites for hydroxylation is 1. The van der Waals surface area contributed by atoms with Gasteiger partial charge in [-0.25, -0.2) is 5.48 Å². The Balaban J connectivity index is 2.16. The fraction of sp³-hybridized carbons (Fsp3) is 0.211. The van der Waals surface area contributed by atoms with Crippen LogP contribution in [0.5, 0.6) is 23.0 Å². The predicted octanol–water partition coefficient (Wildman–Crippen LogP) is 1.88. The highest BCUT2D eigenvalue weighted by Gasteiger charge is 2.40. The lowest BCUT2D eigenvalue weighted by atomic mass is 9.85. The second-order valence-corrected chi connectivity index (χ2v) is 6.27. The van der Waals surface area contributed by atoms with Crippen molar-refractivity contribution in [2.45, 2.75) is 25.4 Å². The third-order valence-corrected chi connectivity index (χ3v) is 4.46. The Kier molecular flexibility index (Phi) is 4.69. The summed E-state index contributed by atoms with van der Waals surface area (Å²) in [5.74, 6) is -3.33. The molecule has 1 amide bonds. The Bertz CT molecular complexity index is 921. The molecule has 0 aliphatic carbocycles. The summed E-state index contributed by atoms with van der Waals surface area (Å²) in [5.41, 5.74) is 0.934. The zero-order valence-corrected chi connectivity index (χ0v) is 14.4. The molecule has 2 aromatic rings. The number of carbonyl (C=O) groups is 1. The standard InChI is InChI=1S/C19H19NO7/c1-2-10-3-5-11(6-4-10)14-8-19(25,9-15(22)20-26)12-7-13(21)16(23)17(24)18(12)27-14/h3-8,21,23-26H,2,9H2,1H3,(H,20,22). The minimum Gasteiger partial charge on any atom is -0.504 e. The number of rotatable bonds is 4.